The third-order valence-electron chi connectivity index (χ3n) is 3.05. The van der Waals surface area contributed by atoms with Crippen molar-refractivity contribution in [1.29, 1.82) is 0 Å². The van der Waals surface area contributed by atoms with Crippen molar-refractivity contribution in [3.63, 3.8) is 0 Å². The van der Waals surface area contributed by atoms with Crippen molar-refractivity contribution in [3.05, 3.63) is 0 Å². The van der Waals surface area contributed by atoms with Crippen molar-refractivity contribution in [1.82, 2.24) is 14.3 Å². The van der Waals surface area contributed by atoms with Crippen LogP contribution in [-0.2, 0) is 10.2 Å². The molecule has 0 radical (unpaired) electrons. The molecule has 1 rings (SSSR count). The van der Waals surface area contributed by atoms with Gasteiger partial charge >= 0.3 is 0 Å². The summed E-state index contributed by atoms with van der Waals surface area (Å²) < 4.78 is 28.2. The highest BCUT2D eigenvalue weighted by Crippen LogP contribution is 2.15. The monoisotopic (exact) mass is 249 g/mol. The fraction of sp³-hybridized carbons (Fsp3) is 1.00. The first-order valence-corrected chi connectivity index (χ1v) is 7.48. The largest absolute Gasteiger partial charge is 0.311 e. The molecule has 1 fully saturated rings. The van der Waals surface area contributed by atoms with Crippen molar-refractivity contribution in [3.8, 4) is 0 Å². The SMILES string of the molecule is CCNS(=O)(=O)N1CC(CC)NCC1CC. The predicted molar refractivity (Wildman–Crippen MR) is 65.5 cm³/mol. The highest BCUT2D eigenvalue weighted by Gasteiger charge is 2.33. The van der Waals surface area contributed by atoms with Crippen molar-refractivity contribution < 1.29 is 8.42 Å². The van der Waals surface area contributed by atoms with E-state index in [-0.39, 0.29) is 12.1 Å². The minimum absolute atomic E-state index is 0.0758. The van der Waals surface area contributed by atoms with Crippen LogP contribution in [0.2, 0.25) is 0 Å². The molecule has 5 nitrogen and oxygen atoms in total. The second-order valence-corrected chi connectivity index (χ2v) is 5.86. The number of rotatable bonds is 5. The maximum Gasteiger partial charge on any atom is 0.279 e. The van der Waals surface area contributed by atoms with Gasteiger partial charge < -0.3 is 5.32 Å². The molecule has 2 atom stereocenters. The van der Waals surface area contributed by atoms with Gasteiger partial charge in [-0.2, -0.15) is 12.7 Å². The van der Waals surface area contributed by atoms with Gasteiger partial charge in [-0.25, -0.2) is 4.72 Å². The van der Waals surface area contributed by atoms with Crippen LogP contribution >= 0.6 is 0 Å². The fourth-order valence-corrected chi connectivity index (χ4v) is 3.54. The van der Waals surface area contributed by atoms with Crippen LogP contribution in [0.15, 0.2) is 0 Å². The Morgan fingerprint density at radius 1 is 1.31 bits per heavy atom. The summed E-state index contributed by atoms with van der Waals surface area (Å²) in [6.07, 6.45) is 1.79. The lowest BCUT2D eigenvalue weighted by Gasteiger charge is -2.38. The van der Waals surface area contributed by atoms with Crippen molar-refractivity contribution in [2.75, 3.05) is 19.6 Å². The number of nitrogens with zero attached hydrogens (tertiary/aromatic N) is 1. The highest BCUT2D eigenvalue weighted by molar-refractivity contribution is 7.87. The summed E-state index contributed by atoms with van der Waals surface area (Å²) in [5.41, 5.74) is 0. The summed E-state index contributed by atoms with van der Waals surface area (Å²) >= 11 is 0. The zero-order valence-electron chi connectivity index (χ0n) is 10.4. The number of piperazine rings is 1. The van der Waals surface area contributed by atoms with Crippen LogP contribution in [0, 0.1) is 0 Å². The Morgan fingerprint density at radius 2 is 2.00 bits per heavy atom. The first kappa shape index (κ1) is 13.9. The van der Waals surface area contributed by atoms with Gasteiger partial charge in [0.05, 0.1) is 0 Å². The minimum atomic E-state index is -3.29. The van der Waals surface area contributed by atoms with E-state index >= 15 is 0 Å². The molecular formula is C10H23N3O2S. The van der Waals surface area contributed by atoms with E-state index in [1.807, 2.05) is 6.92 Å². The third-order valence-corrected chi connectivity index (χ3v) is 4.77. The molecule has 1 heterocycles. The fourth-order valence-electron chi connectivity index (χ4n) is 2.02. The van der Waals surface area contributed by atoms with Gasteiger partial charge in [-0.05, 0) is 12.8 Å². The molecule has 1 aliphatic rings. The molecule has 2 unspecified atom stereocenters. The summed E-state index contributed by atoms with van der Waals surface area (Å²) in [7, 11) is -3.29. The summed E-state index contributed by atoms with van der Waals surface area (Å²) in [5, 5.41) is 3.38. The van der Waals surface area contributed by atoms with E-state index in [1.165, 1.54) is 0 Å². The van der Waals surface area contributed by atoms with Crippen LogP contribution in [0.1, 0.15) is 33.6 Å². The summed E-state index contributed by atoms with van der Waals surface area (Å²) in [5.74, 6) is 0. The van der Waals surface area contributed by atoms with Crippen molar-refractivity contribution >= 4 is 10.2 Å². The zero-order valence-corrected chi connectivity index (χ0v) is 11.2. The lowest BCUT2D eigenvalue weighted by atomic mass is 10.1. The molecule has 0 aromatic heterocycles. The molecule has 1 aliphatic heterocycles. The predicted octanol–water partition coefficient (Wildman–Crippen LogP) is 0.303. The van der Waals surface area contributed by atoms with Crippen LogP contribution in [0.25, 0.3) is 0 Å². The zero-order chi connectivity index (χ0) is 12.2. The topological polar surface area (TPSA) is 61.4 Å². The number of nitrogens with one attached hydrogen (secondary N) is 2. The first-order valence-electron chi connectivity index (χ1n) is 6.04. The van der Waals surface area contributed by atoms with Crippen molar-refractivity contribution in [2.45, 2.75) is 45.7 Å². The quantitative estimate of drug-likeness (QED) is 0.737. The van der Waals surface area contributed by atoms with Gasteiger partial charge in [0.2, 0.25) is 0 Å². The lowest BCUT2D eigenvalue weighted by Crippen LogP contribution is -2.60. The Hall–Kier alpha value is -0.170. The smallest absolute Gasteiger partial charge is 0.279 e. The molecule has 2 N–H and O–H groups in total. The molecule has 0 saturated carbocycles. The van der Waals surface area contributed by atoms with Gasteiger partial charge in [-0.15, -0.1) is 0 Å². The van der Waals surface area contributed by atoms with Crippen LogP contribution in [0.3, 0.4) is 0 Å². The Kier molecular flexibility index (Phi) is 5.17. The van der Waals surface area contributed by atoms with Gasteiger partial charge in [0, 0.05) is 31.7 Å². The Balaban J connectivity index is 2.79. The molecule has 96 valence electrons. The first-order chi connectivity index (χ1) is 7.55. The molecule has 1 saturated heterocycles. The molecule has 16 heavy (non-hydrogen) atoms. The van der Waals surface area contributed by atoms with Crippen LogP contribution in [0.5, 0.6) is 0 Å². The molecule has 0 bridgehead atoms. The van der Waals surface area contributed by atoms with E-state index in [2.05, 4.69) is 17.0 Å². The maximum absolute atomic E-state index is 12.0. The Labute approximate surface area is 98.8 Å². The number of hydrogen-bond donors (Lipinski definition) is 2. The Bertz CT molecular complexity index is 305. The molecule has 0 aromatic carbocycles. The summed E-state index contributed by atoms with van der Waals surface area (Å²) in [6, 6.07) is 0.350. The number of hydrogen-bond acceptors (Lipinski definition) is 3. The second kappa shape index (κ2) is 5.95. The van der Waals surface area contributed by atoms with Gasteiger partial charge in [-0.1, -0.05) is 20.8 Å². The maximum atomic E-state index is 12.0. The van der Waals surface area contributed by atoms with Crippen LogP contribution < -0.4 is 10.0 Å². The van der Waals surface area contributed by atoms with Crippen LogP contribution in [-0.4, -0.2) is 44.4 Å². The van der Waals surface area contributed by atoms with Gasteiger partial charge in [0.25, 0.3) is 10.2 Å². The van der Waals surface area contributed by atoms with E-state index in [0.29, 0.717) is 13.1 Å². The molecule has 0 aromatic rings. The van der Waals surface area contributed by atoms with Gasteiger partial charge in [0.1, 0.15) is 0 Å². The molecule has 0 amide bonds. The summed E-state index contributed by atoms with van der Waals surface area (Å²) in [6.45, 7) is 7.66. The van der Waals surface area contributed by atoms with E-state index in [4.69, 9.17) is 0 Å². The average Bonchev–Trinajstić information content (AvgIpc) is 2.28. The van der Waals surface area contributed by atoms with E-state index in [9.17, 15) is 8.42 Å². The lowest BCUT2D eigenvalue weighted by molar-refractivity contribution is 0.213. The normalized spacial score (nSPS) is 28.2. The van der Waals surface area contributed by atoms with E-state index < -0.39 is 10.2 Å². The van der Waals surface area contributed by atoms with E-state index in [1.54, 1.807) is 11.2 Å². The van der Waals surface area contributed by atoms with E-state index in [0.717, 1.165) is 19.4 Å². The molecule has 6 heteroatoms. The molecule has 0 aliphatic carbocycles. The summed E-state index contributed by atoms with van der Waals surface area (Å²) in [4.78, 5) is 0. The van der Waals surface area contributed by atoms with Crippen molar-refractivity contribution in [2.24, 2.45) is 0 Å². The highest BCUT2D eigenvalue weighted by atomic mass is 32.2. The molecule has 0 spiro atoms. The average molecular weight is 249 g/mol. The van der Waals surface area contributed by atoms with Crippen LogP contribution in [0.4, 0.5) is 0 Å². The molecular weight excluding hydrogens is 226 g/mol. The van der Waals surface area contributed by atoms with Gasteiger partial charge in [-0.3, -0.25) is 0 Å². The standard InChI is InChI=1S/C10H23N3O2S/c1-4-9-8-13(10(5-2)7-11-9)16(14,15)12-6-3/h9-12H,4-8H2,1-3H3. The Morgan fingerprint density at radius 3 is 2.50 bits per heavy atom. The second-order valence-electron chi connectivity index (χ2n) is 4.15. The third kappa shape index (κ3) is 3.16. The minimum Gasteiger partial charge on any atom is -0.311 e. The van der Waals surface area contributed by atoms with Gasteiger partial charge in [0.15, 0.2) is 0 Å².